The van der Waals surface area contributed by atoms with Crippen LogP contribution >= 0.6 is 11.8 Å². The number of aromatic nitrogens is 2. The predicted molar refractivity (Wildman–Crippen MR) is 104 cm³/mol. The SMILES string of the molecule is [C-]#[N+]c1ccc2c(c1)n(CC)c1[n+]2CCC1=CC=C1SCCN1CC. The Balaban J connectivity index is 1.81. The molecule has 1 aromatic heterocycles. The van der Waals surface area contributed by atoms with Gasteiger partial charge in [0.05, 0.1) is 24.7 Å². The molecule has 0 saturated carbocycles. The van der Waals surface area contributed by atoms with Gasteiger partial charge in [-0.25, -0.2) is 14.0 Å². The van der Waals surface area contributed by atoms with Crippen LogP contribution in [0, 0.1) is 6.57 Å². The van der Waals surface area contributed by atoms with Crippen LogP contribution in [0.3, 0.4) is 0 Å². The average molecular weight is 351 g/mol. The molecule has 2 aliphatic heterocycles. The summed E-state index contributed by atoms with van der Waals surface area (Å²) in [6.45, 7) is 15.9. The van der Waals surface area contributed by atoms with Crippen LogP contribution in [0.1, 0.15) is 26.1 Å². The summed E-state index contributed by atoms with van der Waals surface area (Å²) in [7, 11) is 0. The highest BCUT2D eigenvalue weighted by atomic mass is 32.2. The average Bonchev–Trinajstić information content (AvgIpc) is 3.33. The fourth-order valence-electron chi connectivity index (χ4n) is 3.90. The highest BCUT2D eigenvalue weighted by Crippen LogP contribution is 2.32. The first-order valence-corrected chi connectivity index (χ1v) is 9.98. The molecule has 1 saturated heterocycles. The summed E-state index contributed by atoms with van der Waals surface area (Å²) in [4.78, 5) is 6.05. The molecular formula is C20H23N4S+. The fraction of sp³-hybridized carbons (Fsp3) is 0.400. The zero-order chi connectivity index (χ0) is 17.4. The van der Waals surface area contributed by atoms with Gasteiger partial charge in [-0.2, -0.15) is 0 Å². The molecule has 0 bridgehead atoms. The second-order valence-electron chi connectivity index (χ2n) is 6.38. The van der Waals surface area contributed by atoms with Gasteiger partial charge in [0.25, 0.3) is 5.82 Å². The monoisotopic (exact) mass is 351 g/mol. The molecule has 1 fully saturated rings. The molecule has 25 heavy (non-hydrogen) atoms. The second kappa shape index (κ2) is 6.61. The van der Waals surface area contributed by atoms with Crippen LogP contribution in [0.15, 0.2) is 35.4 Å². The van der Waals surface area contributed by atoms with Gasteiger partial charge in [-0.05, 0) is 38.1 Å². The van der Waals surface area contributed by atoms with E-state index < -0.39 is 0 Å². The van der Waals surface area contributed by atoms with E-state index in [0.29, 0.717) is 5.69 Å². The summed E-state index contributed by atoms with van der Waals surface area (Å²) >= 11 is 1.96. The van der Waals surface area contributed by atoms with Crippen molar-refractivity contribution < 1.29 is 4.57 Å². The number of aryl methyl sites for hydroxylation is 2. The van der Waals surface area contributed by atoms with Gasteiger partial charge in [-0.3, -0.25) is 0 Å². The largest absolute Gasteiger partial charge is 0.366 e. The van der Waals surface area contributed by atoms with E-state index >= 15 is 0 Å². The molecule has 2 aliphatic rings. The van der Waals surface area contributed by atoms with Crippen LogP contribution in [0.4, 0.5) is 5.69 Å². The molecular weight excluding hydrogens is 328 g/mol. The topological polar surface area (TPSA) is 16.4 Å². The third kappa shape index (κ3) is 2.65. The Labute approximate surface area is 153 Å². The summed E-state index contributed by atoms with van der Waals surface area (Å²) in [6.07, 6.45) is 5.70. The summed E-state index contributed by atoms with van der Waals surface area (Å²) < 4.78 is 4.77. The highest BCUT2D eigenvalue weighted by molar-refractivity contribution is 8.03. The Hall–Kier alpha value is -2.19. The van der Waals surface area contributed by atoms with Crippen LogP contribution in [-0.2, 0) is 13.1 Å². The molecule has 0 radical (unpaired) electrons. The smallest absolute Gasteiger partial charge is 0.285 e. The van der Waals surface area contributed by atoms with Gasteiger partial charge in [-0.15, -0.1) is 11.8 Å². The first kappa shape index (κ1) is 16.3. The van der Waals surface area contributed by atoms with Gasteiger partial charge in [-0.1, -0.05) is 6.07 Å². The molecule has 3 heterocycles. The number of nitrogens with zero attached hydrogens (tertiary/aromatic N) is 4. The van der Waals surface area contributed by atoms with Crippen LogP contribution in [-0.4, -0.2) is 28.3 Å². The lowest BCUT2D eigenvalue weighted by Crippen LogP contribution is -2.31. The quantitative estimate of drug-likeness (QED) is 0.609. The lowest BCUT2D eigenvalue weighted by atomic mass is 10.2. The molecule has 0 atom stereocenters. The van der Waals surface area contributed by atoms with E-state index in [0.717, 1.165) is 32.6 Å². The Morgan fingerprint density at radius 3 is 2.92 bits per heavy atom. The normalized spacial score (nSPS) is 20.0. The predicted octanol–water partition coefficient (Wildman–Crippen LogP) is 4.20. The number of fused-ring (bicyclic) bond motifs is 3. The van der Waals surface area contributed by atoms with Crippen molar-refractivity contribution in [1.82, 2.24) is 9.47 Å². The van der Waals surface area contributed by atoms with Crippen LogP contribution in [0.2, 0.25) is 0 Å². The van der Waals surface area contributed by atoms with E-state index in [9.17, 15) is 0 Å². The minimum absolute atomic E-state index is 0.715. The van der Waals surface area contributed by atoms with Gasteiger partial charge >= 0.3 is 0 Å². The van der Waals surface area contributed by atoms with E-state index in [4.69, 9.17) is 6.57 Å². The van der Waals surface area contributed by atoms with Crippen LogP contribution in [0.25, 0.3) is 21.5 Å². The maximum absolute atomic E-state index is 7.29. The molecule has 0 aliphatic carbocycles. The van der Waals surface area contributed by atoms with Crippen molar-refractivity contribution in [2.75, 3.05) is 18.8 Å². The van der Waals surface area contributed by atoms with E-state index in [1.54, 1.807) is 0 Å². The molecule has 2 aromatic rings. The van der Waals surface area contributed by atoms with Gasteiger partial charge in [0.15, 0.2) is 16.7 Å². The Morgan fingerprint density at radius 2 is 2.16 bits per heavy atom. The first-order chi connectivity index (χ1) is 12.3. The summed E-state index contributed by atoms with van der Waals surface area (Å²) in [5.74, 6) is 2.50. The van der Waals surface area contributed by atoms with E-state index in [1.807, 2.05) is 23.9 Å². The van der Waals surface area contributed by atoms with E-state index in [-0.39, 0.29) is 0 Å². The van der Waals surface area contributed by atoms with Crippen LogP contribution < -0.4 is 4.57 Å². The standard InChI is InChI=1S/C20H23N4S/c1-4-22-12-13-25-19(22)9-6-15-10-11-24-17-8-7-16(21-3)14-18(17)23(5-2)20(15)24/h6-9,14H,4-5,10-13H2,1-2H3/q+1. The van der Waals surface area contributed by atoms with Crippen molar-refractivity contribution in [2.45, 2.75) is 33.4 Å². The second-order valence-corrected chi connectivity index (χ2v) is 7.49. The molecule has 1 aromatic carbocycles. The number of allylic oxidation sites excluding steroid dienone is 3. The number of benzene rings is 1. The zero-order valence-electron chi connectivity index (χ0n) is 14.8. The number of imidazole rings is 1. The number of thioether (sulfide) groups is 1. The lowest BCUT2D eigenvalue weighted by molar-refractivity contribution is -0.664. The van der Waals surface area contributed by atoms with Gasteiger partial charge < -0.3 is 4.90 Å². The molecule has 0 unspecified atom stereocenters. The summed E-state index contributed by atoms with van der Waals surface area (Å²) in [5.41, 5.74) is 4.53. The molecule has 0 spiro atoms. The molecule has 4 nitrogen and oxygen atoms in total. The summed E-state index contributed by atoms with van der Waals surface area (Å²) in [5, 5.41) is 1.39. The number of rotatable bonds is 3. The minimum atomic E-state index is 0.715. The Kier molecular flexibility index (Phi) is 4.30. The third-order valence-corrected chi connectivity index (χ3v) is 6.20. The summed E-state index contributed by atoms with van der Waals surface area (Å²) in [6, 6.07) is 6.06. The fourth-order valence-corrected chi connectivity index (χ4v) is 4.98. The lowest BCUT2D eigenvalue weighted by Gasteiger charge is -2.15. The van der Waals surface area contributed by atoms with Gasteiger partial charge in [0.1, 0.15) is 0 Å². The van der Waals surface area contributed by atoms with Crippen LogP contribution in [0.5, 0.6) is 0 Å². The van der Waals surface area contributed by atoms with Crippen molar-refractivity contribution in [3.63, 3.8) is 0 Å². The molecule has 0 N–H and O–H groups in total. The molecule has 4 rings (SSSR count). The first-order valence-electron chi connectivity index (χ1n) is 8.99. The van der Waals surface area contributed by atoms with Crippen molar-refractivity contribution in [1.29, 1.82) is 0 Å². The van der Waals surface area contributed by atoms with Crippen molar-refractivity contribution in [2.24, 2.45) is 0 Å². The van der Waals surface area contributed by atoms with Gasteiger partial charge in [0.2, 0.25) is 0 Å². The van der Waals surface area contributed by atoms with E-state index in [1.165, 1.54) is 33.2 Å². The van der Waals surface area contributed by atoms with Gasteiger partial charge in [0, 0.05) is 30.8 Å². The number of hydrogen-bond acceptors (Lipinski definition) is 2. The minimum Gasteiger partial charge on any atom is -0.366 e. The molecule has 128 valence electrons. The van der Waals surface area contributed by atoms with Crippen molar-refractivity contribution >= 4 is 34.1 Å². The van der Waals surface area contributed by atoms with E-state index in [2.05, 4.69) is 50.9 Å². The van der Waals surface area contributed by atoms with Crippen molar-refractivity contribution in [3.8, 4) is 0 Å². The Morgan fingerprint density at radius 1 is 1.28 bits per heavy atom. The Bertz CT molecular complexity index is 929. The highest BCUT2D eigenvalue weighted by Gasteiger charge is 2.32. The zero-order valence-corrected chi connectivity index (χ0v) is 15.6. The van der Waals surface area contributed by atoms with Crippen molar-refractivity contribution in [3.05, 3.63) is 52.6 Å². The number of hydrogen-bond donors (Lipinski definition) is 0. The maximum atomic E-state index is 7.29. The third-order valence-electron chi connectivity index (χ3n) is 5.12. The maximum Gasteiger partial charge on any atom is 0.285 e. The molecule has 5 heteroatoms. The molecule has 0 amide bonds.